The van der Waals surface area contributed by atoms with Gasteiger partial charge in [-0.15, -0.1) is 0 Å². The third-order valence-corrected chi connectivity index (χ3v) is 6.07. The first kappa shape index (κ1) is 21.6. The molecule has 0 unspecified atom stereocenters. The van der Waals surface area contributed by atoms with Gasteiger partial charge in [0.1, 0.15) is 12.4 Å². The Hall–Kier alpha value is -3.28. The molecule has 2 aromatic heterocycles. The number of ether oxygens (including phenoxy) is 2. The predicted octanol–water partition coefficient (Wildman–Crippen LogP) is 4.90. The zero-order valence-corrected chi connectivity index (χ0v) is 18.8. The Kier molecular flexibility index (Phi) is 6.90. The summed E-state index contributed by atoms with van der Waals surface area (Å²) in [6, 6.07) is 23.0. The van der Waals surface area contributed by atoms with Gasteiger partial charge in [-0.2, -0.15) is 0 Å². The van der Waals surface area contributed by atoms with Gasteiger partial charge in [0.2, 0.25) is 0 Å². The van der Waals surface area contributed by atoms with Gasteiger partial charge in [0.25, 0.3) is 0 Å². The van der Waals surface area contributed by atoms with Crippen LogP contribution in [0.5, 0.6) is 5.75 Å². The van der Waals surface area contributed by atoms with Crippen LogP contribution in [-0.2, 0) is 24.3 Å². The molecule has 5 heteroatoms. The molecule has 1 aliphatic rings. The summed E-state index contributed by atoms with van der Waals surface area (Å²) < 4.78 is 11.9. The lowest BCUT2D eigenvalue weighted by molar-refractivity contribution is 0.121. The van der Waals surface area contributed by atoms with Crippen molar-refractivity contribution in [2.45, 2.75) is 19.6 Å². The number of aromatic nitrogens is 2. The summed E-state index contributed by atoms with van der Waals surface area (Å²) in [7, 11) is 0. The second kappa shape index (κ2) is 10.6. The van der Waals surface area contributed by atoms with Crippen LogP contribution in [0.2, 0.25) is 0 Å². The molecule has 0 spiro atoms. The molecule has 1 fully saturated rings. The minimum absolute atomic E-state index is 0.463. The van der Waals surface area contributed by atoms with E-state index in [9.17, 15) is 0 Å². The standard InChI is InChI=1S/C28H29N3O2/c1-2-10-30-27(5-1)21-33-28-6-3-4-23(16-28)18-31-12-13-32-20-24(19-31)14-22-7-8-25-9-11-29-17-26(25)15-22/h1-11,15-17,24H,12-14,18-21H2/t24-/m1/s1. The average molecular weight is 440 g/mol. The molecule has 0 bridgehead atoms. The number of fused-ring (bicyclic) bond motifs is 1. The Balaban J connectivity index is 1.21. The van der Waals surface area contributed by atoms with Crippen LogP contribution in [0.25, 0.3) is 10.8 Å². The molecular weight excluding hydrogens is 410 g/mol. The van der Waals surface area contributed by atoms with Crippen molar-refractivity contribution in [1.82, 2.24) is 14.9 Å². The second-order valence-corrected chi connectivity index (χ2v) is 8.69. The largest absolute Gasteiger partial charge is 0.487 e. The van der Waals surface area contributed by atoms with Crippen molar-refractivity contribution in [2.75, 3.05) is 26.3 Å². The Morgan fingerprint density at radius 3 is 2.88 bits per heavy atom. The van der Waals surface area contributed by atoms with Gasteiger partial charge in [-0.3, -0.25) is 14.9 Å². The highest BCUT2D eigenvalue weighted by Crippen LogP contribution is 2.21. The maximum absolute atomic E-state index is 5.97. The van der Waals surface area contributed by atoms with Crippen molar-refractivity contribution in [3.05, 3.63) is 102 Å². The Morgan fingerprint density at radius 2 is 1.94 bits per heavy atom. The number of hydrogen-bond donors (Lipinski definition) is 0. The first-order valence-electron chi connectivity index (χ1n) is 11.6. The summed E-state index contributed by atoms with van der Waals surface area (Å²) in [4.78, 5) is 11.1. The normalized spacial score (nSPS) is 17.0. The topological polar surface area (TPSA) is 47.5 Å². The fraction of sp³-hybridized carbons (Fsp3) is 0.286. The lowest BCUT2D eigenvalue weighted by atomic mass is 9.97. The van der Waals surface area contributed by atoms with Crippen LogP contribution in [0.4, 0.5) is 0 Å². The van der Waals surface area contributed by atoms with Crippen molar-refractivity contribution < 1.29 is 9.47 Å². The average Bonchev–Trinajstić information content (AvgIpc) is 3.08. The van der Waals surface area contributed by atoms with Gasteiger partial charge in [-0.25, -0.2) is 0 Å². The highest BCUT2D eigenvalue weighted by atomic mass is 16.5. The highest BCUT2D eigenvalue weighted by Gasteiger charge is 2.19. The van der Waals surface area contributed by atoms with Crippen molar-refractivity contribution in [1.29, 1.82) is 0 Å². The number of benzene rings is 2. The molecular formula is C28H29N3O2. The predicted molar refractivity (Wildman–Crippen MR) is 130 cm³/mol. The Labute approximate surface area is 195 Å². The molecule has 33 heavy (non-hydrogen) atoms. The van der Waals surface area contributed by atoms with Crippen LogP contribution in [0.1, 0.15) is 16.8 Å². The third kappa shape index (κ3) is 5.95. The summed E-state index contributed by atoms with van der Waals surface area (Å²) in [5, 5.41) is 2.43. The monoisotopic (exact) mass is 439 g/mol. The first-order chi connectivity index (χ1) is 16.3. The van der Waals surface area contributed by atoms with Gasteiger partial charge >= 0.3 is 0 Å². The van der Waals surface area contributed by atoms with Gasteiger partial charge in [-0.1, -0.05) is 30.3 Å². The maximum Gasteiger partial charge on any atom is 0.130 e. The third-order valence-electron chi connectivity index (χ3n) is 6.07. The van der Waals surface area contributed by atoms with E-state index in [4.69, 9.17) is 9.47 Å². The van der Waals surface area contributed by atoms with E-state index < -0.39 is 0 Å². The van der Waals surface area contributed by atoms with Gasteiger partial charge in [0.15, 0.2) is 0 Å². The van der Waals surface area contributed by atoms with Crippen LogP contribution < -0.4 is 4.74 Å². The minimum atomic E-state index is 0.463. The minimum Gasteiger partial charge on any atom is -0.487 e. The molecule has 0 radical (unpaired) electrons. The number of pyridine rings is 2. The zero-order valence-electron chi connectivity index (χ0n) is 18.8. The SMILES string of the molecule is c1ccc(COc2cccc(CN3CCOC[C@H](Cc4ccc5ccncc5c4)C3)c2)nc1. The maximum atomic E-state index is 5.97. The molecule has 3 heterocycles. The van der Waals surface area contributed by atoms with E-state index in [0.717, 1.165) is 50.7 Å². The van der Waals surface area contributed by atoms with E-state index in [-0.39, 0.29) is 0 Å². The molecule has 1 aliphatic heterocycles. The van der Waals surface area contributed by atoms with Crippen LogP contribution in [0.15, 0.2) is 85.3 Å². The van der Waals surface area contributed by atoms with Crippen LogP contribution in [0.3, 0.4) is 0 Å². The van der Waals surface area contributed by atoms with E-state index >= 15 is 0 Å². The summed E-state index contributed by atoms with van der Waals surface area (Å²) in [6.07, 6.45) is 6.59. The van der Waals surface area contributed by atoms with E-state index in [1.807, 2.05) is 36.7 Å². The van der Waals surface area contributed by atoms with Crippen molar-refractivity contribution >= 4 is 10.8 Å². The summed E-state index contributed by atoms with van der Waals surface area (Å²) in [6.45, 7) is 4.90. The summed E-state index contributed by atoms with van der Waals surface area (Å²) >= 11 is 0. The molecule has 5 rings (SSSR count). The lowest BCUT2D eigenvalue weighted by Crippen LogP contribution is -2.30. The number of nitrogens with zero attached hydrogens (tertiary/aromatic N) is 3. The van der Waals surface area contributed by atoms with E-state index in [1.54, 1.807) is 6.20 Å². The Morgan fingerprint density at radius 1 is 0.939 bits per heavy atom. The second-order valence-electron chi connectivity index (χ2n) is 8.69. The smallest absolute Gasteiger partial charge is 0.130 e. The summed E-state index contributed by atoms with van der Waals surface area (Å²) in [5.41, 5.74) is 3.53. The molecule has 4 aromatic rings. The molecule has 0 amide bonds. The molecule has 0 saturated carbocycles. The molecule has 1 saturated heterocycles. The van der Waals surface area contributed by atoms with Crippen molar-refractivity contribution in [2.24, 2.45) is 5.92 Å². The molecule has 168 valence electrons. The van der Waals surface area contributed by atoms with Crippen LogP contribution in [-0.4, -0.2) is 41.2 Å². The first-order valence-corrected chi connectivity index (χ1v) is 11.6. The highest BCUT2D eigenvalue weighted by molar-refractivity contribution is 5.82. The van der Waals surface area contributed by atoms with Crippen molar-refractivity contribution in [3.63, 3.8) is 0 Å². The molecule has 1 atom stereocenters. The zero-order chi connectivity index (χ0) is 22.3. The Bertz CT molecular complexity index is 1180. The number of rotatable bonds is 7. The lowest BCUT2D eigenvalue weighted by Gasteiger charge is -2.24. The van der Waals surface area contributed by atoms with Gasteiger partial charge in [-0.05, 0) is 65.3 Å². The van der Waals surface area contributed by atoms with Crippen LogP contribution >= 0.6 is 0 Å². The van der Waals surface area contributed by atoms with E-state index in [0.29, 0.717) is 12.5 Å². The quantitative estimate of drug-likeness (QED) is 0.410. The molecule has 2 aromatic carbocycles. The fourth-order valence-corrected chi connectivity index (χ4v) is 4.45. The van der Waals surface area contributed by atoms with Gasteiger partial charge in [0.05, 0.1) is 18.9 Å². The molecule has 5 nitrogen and oxygen atoms in total. The molecule has 0 aliphatic carbocycles. The fourth-order valence-electron chi connectivity index (χ4n) is 4.45. The van der Waals surface area contributed by atoms with Crippen molar-refractivity contribution in [3.8, 4) is 5.75 Å². The molecule has 0 N–H and O–H groups in total. The van der Waals surface area contributed by atoms with E-state index in [1.165, 1.54) is 21.9 Å². The van der Waals surface area contributed by atoms with Gasteiger partial charge < -0.3 is 9.47 Å². The summed E-state index contributed by atoms with van der Waals surface area (Å²) in [5.74, 6) is 1.34. The van der Waals surface area contributed by atoms with E-state index in [2.05, 4.69) is 57.3 Å². The van der Waals surface area contributed by atoms with Gasteiger partial charge in [0, 0.05) is 43.6 Å². The van der Waals surface area contributed by atoms with Crippen LogP contribution in [0, 0.1) is 5.92 Å². The number of hydrogen-bond acceptors (Lipinski definition) is 5.